The summed E-state index contributed by atoms with van der Waals surface area (Å²) in [5.41, 5.74) is 3.51. The molecule has 0 unspecified atom stereocenters. The Morgan fingerprint density at radius 1 is 1.03 bits per heavy atom. The zero-order valence-electron chi connectivity index (χ0n) is 15.7. The van der Waals surface area contributed by atoms with Crippen LogP contribution in [0, 0.1) is 13.8 Å². The Labute approximate surface area is 178 Å². The number of hydrogen-bond donors (Lipinski definition) is 1. The molecule has 29 heavy (non-hydrogen) atoms. The topological polar surface area (TPSA) is 71.5 Å². The van der Waals surface area contributed by atoms with Crippen LogP contribution in [0.25, 0.3) is 31.7 Å². The molecule has 0 saturated heterocycles. The van der Waals surface area contributed by atoms with Gasteiger partial charge in [0.15, 0.2) is 0 Å². The highest BCUT2D eigenvalue weighted by Crippen LogP contribution is 2.35. The van der Waals surface area contributed by atoms with Crippen molar-refractivity contribution in [2.24, 2.45) is 0 Å². The predicted octanol–water partition coefficient (Wildman–Crippen LogP) is 5.57. The highest BCUT2D eigenvalue weighted by Gasteiger charge is 2.15. The second-order valence-corrected chi connectivity index (χ2v) is 9.75. The van der Waals surface area contributed by atoms with E-state index in [9.17, 15) is 4.79 Å². The molecular weight excluding hydrogens is 420 g/mol. The molecule has 1 aromatic carbocycles. The number of fused-ring (bicyclic) bond motifs is 2. The van der Waals surface area contributed by atoms with Gasteiger partial charge in [0.1, 0.15) is 15.7 Å². The van der Waals surface area contributed by atoms with Crippen molar-refractivity contribution in [1.82, 2.24) is 19.9 Å². The number of nitrogens with one attached hydrogen (secondary N) is 1. The van der Waals surface area contributed by atoms with Crippen molar-refractivity contribution < 1.29 is 0 Å². The Kier molecular flexibility index (Phi) is 4.69. The molecule has 0 radical (unpaired) electrons. The van der Waals surface area contributed by atoms with Gasteiger partial charge in [0.2, 0.25) is 0 Å². The van der Waals surface area contributed by atoms with Crippen LogP contribution in [0.4, 0.5) is 0 Å². The number of thiophene rings is 2. The standard InChI is InChI=1S/C21H16N4OS3/c1-11-7-8-16(29-11)13-9-27-21-18(13)19(26)24-17(25-21)10-28-20-12(2)22-14-5-3-4-6-15(14)23-20/h3-9H,10H2,1-2H3,(H,24,25,26). The van der Waals surface area contributed by atoms with Crippen LogP contribution in [0.5, 0.6) is 0 Å². The average Bonchev–Trinajstić information content (AvgIpc) is 3.32. The first-order valence-corrected chi connectivity index (χ1v) is 11.7. The van der Waals surface area contributed by atoms with E-state index < -0.39 is 0 Å². The van der Waals surface area contributed by atoms with E-state index in [4.69, 9.17) is 9.97 Å². The average molecular weight is 437 g/mol. The normalized spacial score (nSPS) is 11.5. The van der Waals surface area contributed by atoms with Gasteiger partial charge in [-0.1, -0.05) is 23.9 Å². The number of hydrogen-bond acceptors (Lipinski definition) is 7. The monoisotopic (exact) mass is 436 g/mol. The molecule has 0 bridgehead atoms. The number of benzene rings is 1. The Morgan fingerprint density at radius 2 is 1.83 bits per heavy atom. The first-order valence-electron chi connectivity index (χ1n) is 9.02. The van der Waals surface area contributed by atoms with Crippen molar-refractivity contribution in [3.63, 3.8) is 0 Å². The van der Waals surface area contributed by atoms with E-state index in [0.717, 1.165) is 37.0 Å². The summed E-state index contributed by atoms with van der Waals surface area (Å²) >= 11 is 4.74. The maximum Gasteiger partial charge on any atom is 0.260 e. The molecule has 0 aliphatic carbocycles. The van der Waals surface area contributed by atoms with Gasteiger partial charge in [-0.05, 0) is 38.1 Å². The van der Waals surface area contributed by atoms with Crippen molar-refractivity contribution >= 4 is 55.7 Å². The molecule has 1 N–H and O–H groups in total. The summed E-state index contributed by atoms with van der Waals surface area (Å²) in [5.74, 6) is 1.18. The third-order valence-electron chi connectivity index (χ3n) is 4.55. The fourth-order valence-electron chi connectivity index (χ4n) is 3.17. The highest BCUT2D eigenvalue weighted by atomic mass is 32.2. The number of rotatable bonds is 4. The molecule has 0 saturated carbocycles. The summed E-state index contributed by atoms with van der Waals surface area (Å²) in [6.45, 7) is 4.02. The smallest absolute Gasteiger partial charge is 0.260 e. The van der Waals surface area contributed by atoms with Gasteiger partial charge in [0, 0.05) is 20.7 Å². The minimum Gasteiger partial charge on any atom is -0.309 e. The second-order valence-electron chi connectivity index (χ2n) is 6.64. The lowest BCUT2D eigenvalue weighted by Crippen LogP contribution is -2.10. The van der Waals surface area contributed by atoms with Crippen molar-refractivity contribution in [1.29, 1.82) is 0 Å². The SMILES string of the molecule is Cc1ccc(-c2csc3nc(CSc4nc5ccccc5nc4C)[nH]c(=O)c23)s1. The van der Waals surface area contributed by atoms with E-state index in [0.29, 0.717) is 17.0 Å². The van der Waals surface area contributed by atoms with Crippen LogP contribution in [-0.4, -0.2) is 19.9 Å². The number of aromatic amines is 1. The van der Waals surface area contributed by atoms with E-state index >= 15 is 0 Å². The van der Waals surface area contributed by atoms with Crippen LogP contribution >= 0.6 is 34.4 Å². The van der Waals surface area contributed by atoms with Crippen molar-refractivity contribution in [3.05, 3.63) is 68.5 Å². The molecular formula is C21H16N4OS3. The minimum atomic E-state index is -0.0887. The quantitative estimate of drug-likeness (QED) is 0.373. The van der Waals surface area contributed by atoms with Gasteiger partial charge in [-0.25, -0.2) is 15.0 Å². The van der Waals surface area contributed by atoms with Crippen molar-refractivity contribution in [3.8, 4) is 10.4 Å². The van der Waals surface area contributed by atoms with Gasteiger partial charge >= 0.3 is 0 Å². The fourth-order valence-corrected chi connectivity index (χ4v) is 5.92. The van der Waals surface area contributed by atoms with E-state index in [1.807, 2.05) is 36.6 Å². The van der Waals surface area contributed by atoms with E-state index in [1.54, 1.807) is 11.3 Å². The summed E-state index contributed by atoms with van der Waals surface area (Å²) in [5, 5.41) is 3.55. The Bertz CT molecular complexity index is 1420. The Hall–Kier alpha value is -2.55. The molecule has 0 aliphatic rings. The van der Waals surface area contributed by atoms with Crippen LogP contribution in [-0.2, 0) is 5.75 Å². The molecule has 5 rings (SSSR count). The summed E-state index contributed by atoms with van der Waals surface area (Å²) in [7, 11) is 0. The van der Waals surface area contributed by atoms with Crippen LogP contribution in [0.3, 0.4) is 0 Å². The first kappa shape index (κ1) is 18.5. The molecule has 0 amide bonds. The Morgan fingerprint density at radius 3 is 2.59 bits per heavy atom. The molecule has 8 heteroatoms. The zero-order valence-corrected chi connectivity index (χ0v) is 18.2. The molecule has 5 nitrogen and oxygen atoms in total. The van der Waals surface area contributed by atoms with E-state index in [-0.39, 0.29) is 5.56 Å². The van der Waals surface area contributed by atoms with E-state index in [1.165, 1.54) is 28.0 Å². The molecule has 144 valence electrons. The third-order valence-corrected chi connectivity index (χ3v) is 7.53. The predicted molar refractivity (Wildman–Crippen MR) is 122 cm³/mol. The lowest BCUT2D eigenvalue weighted by atomic mass is 10.2. The molecule has 5 aromatic rings. The van der Waals surface area contributed by atoms with Gasteiger partial charge in [0.25, 0.3) is 5.56 Å². The van der Waals surface area contributed by atoms with Gasteiger partial charge in [-0.3, -0.25) is 4.79 Å². The molecule has 0 fully saturated rings. The Balaban J connectivity index is 1.46. The van der Waals surface area contributed by atoms with Crippen molar-refractivity contribution in [2.75, 3.05) is 0 Å². The zero-order chi connectivity index (χ0) is 20.0. The molecule has 0 atom stereocenters. The second kappa shape index (κ2) is 7.37. The number of para-hydroxylation sites is 2. The number of aromatic nitrogens is 4. The number of aryl methyl sites for hydroxylation is 2. The number of thioether (sulfide) groups is 1. The lowest BCUT2D eigenvalue weighted by molar-refractivity contribution is 1.02. The van der Waals surface area contributed by atoms with Crippen LogP contribution in [0.1, 0.15) is 16.4 Å². The summed E-state index contributed by atoms with van der Waals surface area (Å²) in [6.07, 6.45) is 0. The van der Waals surface area contributed by atoms with Crippen molar-refractivity contribution in [2.45, 2.75) is 24.6 Å². The molecule has 4 aromatic heterocycles. The van der Waals surface area contributed by atoms with E-state index in [2.05, 4.69) is 29.0 Å². The third kappa shape index (κ3) is 3.48. The molecule has 0 spiro atoms. The van der Waals surface area contributed by atoms with Crippen LogP contribution in [0.15, 0.2) is 51.6 Å². The van der Waals surface area contributed by atoms with Gasteiger partial charge < -0.3 is 4.98 Å². The van der Waals surface area contributed by atoms with Crippen LogP contribution in [0.2, 0.25) is 0 Å². The fraction of sp³-hybridized carbons (Fsp3) is 0.143. The van der Waals surface area contributed by atoms with Gasteiger partial charge in [-0.2, -0.15) is 0 Å². The minimum absolute atomic E-state index is 0.0887. The number of H-pyrrole nitrogens is 1. The maximum atomic E-state index is 12.8. The van der Waals surface area contributed by atoms with Gasteiger partial charge in [0.05, 0.1) is 27.9 Å². The van der Waals surface area contributed by atoms with Crippen LogP contribution < -0.4 is 5.56 Å². The summed E-state index contributed by atoms with van der Waals surface area (Å²) in [6, 6.07) is 12.0. The highest BCUT2D eigenvalue weighted by molar-refractivity contribution is 7.98. The maximum absolute atomic E-state index is 12.8. The molecule has 4 heterocycles. The summed E-state index contributed by atoms with van der Waals surface area (Å²) in [4.78, 5) is 32.9. The number of nitrogens with zero attached hydrogens (tertiary/aromatic N) is 3. The lowest BCUT2D eigenvalue weighted by Gasteiger charge is -2.06. The first-order chi connectivity index (χ1) is 14.1. The summed E-state index contributed by atoms with van der Waals surface area (Å²) < 4.78 is 0. The molecule has 0 aliphatic heterocycles. The largest absolute Gasteiger partial charge is 0.309 e. The van der Waals surface area contributed by atoms with Gasteiger partial charge in [-0.15, -0.1) is 22.7 Å².